The molecule has 0 fully saturated rings. The fraction of sp³-hybridized carbons (Fsp3) is 0.417. The molecule has 1 rings (SSSR count). The summed E-state index contributed by atoms with van der Waals surface area (Å²) in [5, 5.41) is 2.64. The Kier molecular flexibility index (Phi) is 8.02. The van der Waals surface area contributed by atoms with Gasteiger partial charge in [0.2, 0.25) is 5.91 Å². The van der Waals surface area contributed by atoms with Crippen molar-refractivity contribution in [2.75, 3.05) is 11.9 Å². The maximum Gasteiger partial charge on any atom is 0.272 e. The van der Waals surface area contributed by atoms with Gasteiger partial charge in [0.25, 0.3) is 6.43 Å². The fourth-order valence-electron chi connectivity index (χ4n) is 1.30. The number of amides is 1. The number of alkyl halides is 2. The van der Waals surface area contributed by atoms with E-state index in [1.807, 2.05) is 0 Å². The smallest absolute Gasteiger partial charge is 0.272 e. The standard InChI is InChI=1S/C12H16F2N2O2.ClH/c1-8(15)6-12(17)16-9-2-4-10(5-3-9)18-7-11(13)14;/h2-5,8,11H,6-7,15H2,1H3,(H,16,17);1H. The Balaban J connectivity index is 0.00000324. The van der Waals surface area contributed by atoms with Crippen molar-refractivity contribution in [3.05, 3.63) is 24.3 Å². The number of carbonyl (C=O) groups is 1. The lowest BCUT2D eigenvalue weighted by Gasteiger charge is -2.09. The van der Waals surface area contributed by atoms with Crippen LogP contribution in [-0.2, 0) is 4.79 Å². The van der Waals surface area contributed by atoms with Crippen molar-refractivity contribution in [1.29, 1.82) is 0 Å². The normalized spacial score (nSPS) is 11.6. The Morgan fingerprint density at radius 2 is 1.95 bits per heavy atom. The first-order chi connectivity index (χ1) is 8.47. The molecule has 4 nitrogen and oxygen atoms in total. The molecule has 7 heteroatoms. The molecule has 0 saturated carbocycles. The molecule has 1 aromatic rings. The van der Waals surface area contributed by atoms with E-state index in [0.29, 0.717) is 11.4 Å². The quantitative estimate of drug-likeness (QED) is 0.847. The highest BCUT2D eigenvalue weighted by Crippen LogP contribution is 2.16. The Hall–Kier alpha value is -1.40. The highest BCUT2D eigenvalue weighted by molar-refractivity contribution is 5.91. The number of nitrogens with one attached hydrogen (secondary N) is 1. The number of hydrogen-bond acceptors (Lipinski definition) is 3. The predicted octanol–water partition coefficient (Wildman–Crippen LogP) is 2.43. The number of benzene rings is 1. The van der Waals surface area contributed by atoms with Crippen LogP contribution < -0.4 is 15.8 Å². The van der Waals surface area contributed by atoms with Gasteiger partial charge < -0.3 is 15.8 Å². The third-order valence-corrected chi connectivity index (χ3v) is 2.02. The average Bonchev–Trinajstić information content (AvgIpc) is 2.26. The second-order valence-electron chi connectivity index (χ2n) is 3.96. The van der Waals surface area contributed by atoms with Gasteiger partial charge in [0, 0.05) is 18.2 Å². The van der Waals surface area contributed by atoms with E-state index >= 15 is 0 Å². The molecule has 0 bridgehead atoms. The van der Waals surface area contributed by atoms with Crippen molar-refractivity contribution in [2.45, 2.75) is 25.8 Å². The lowest BCUT2D eigenvalue weighted by molar-refractivity contribution is -0.116. The molecular weight excluding hydrogens is 278 g/mol. The summed E-state index contributed by atoms with van der Waals surface area (Å²) in [6, 6.07) is 5.99. The molecule has 1 amide bonds. The Bertz CT molecular complexity index is 386. The van der Waals surface area contributed by atoms with Gasteiger partial charge >= 0.3 is 0 Å². The molecule has 0 spiro atoms. The van der Waals surface area contributed by atoms with Gasteiger partial charge in [-0.2, -0.15) is 0 Å². The predicted molar refractivity (Wildman–Crippen MR) is 72.1 cm³/mol. The molecule has 3 N–H and O–H groups in total. The molecule has 1 unspecified atom stereocenters. The van der Waals surface area contributed by atoms with Crippen LogP contribution in [-0.4, -0.2) is 25.0 Å². The van der Waals surface area contributed by atoms with E-state index in [-0.39, 0.29) is 30.8 Å². The van der Waals surface area contributed by atoms with E-state index in [9.17, 15) is 13.6 Å². The molecule has 19 heavy (non-hydrogen) atoms. The maximum absolute atomic E-state index is 11.9. The number of anilines is 1. The van der Waals surface area contributed by atoms with Gasteiger partial charge in [-0.3, -0.25) is 4.79 Å². The van der Waals surface area contributed by atoms with E-state index in [1.165, 1.54) is 12.1 Å². The number of rotatable bonds is 6. The first-order valence-electron chi connectivity index (χ1n) is 5.54. The topological polar surface area (TPSA) is 64.4 Å². The lowest BCUT2D eigenvalue weighted by Crippen LogP contribution is -2.23. The van der Waals surface area contributed by atoms with Crippen LogP contribution in [0.4, 0.5) is 14.5 Å². The van der Waals surface area contributed by atoms with Crippen LogP contribution in [0.1, 0.15) is 13.3 Å². The van der Waals surface area contributed by atoms with E-state index < -0.39 is 13.0 Å². The molecule has 108 valence electrons. The molecule has 0 saturated heterocycles. The number of nitrogens with two attached hydrogens (primary N) is 1. The summed E-state index contributed by atoms with van der Waals surface area (Å²) in [4.78, 5) is 11.4. The summed E-state index contributed by atoms with van der Waals surface area (Å²) in [7, 11) is 0. The number of ether oxygens (including phenoxy) is 1. The van der Waals surface area contributed by atoms with Crippen LogP contribution in [0.25, 0.3) is 0 Å². The first-order valence-corrected chi connectivity index (χ1v) is 5.54. The van der Waals surface area contributed by atoms with E-state index in [4.69, 9.17) is 10.5 Å². The van der Waals surface area contributed by atoms with Gasteiger partial charge in [0.1, 0.15) is 12.4 Å². The number of halogens is 3. The fourth-order valence-corrected chi connectivity index (χ4v) is 1.30. The van der Waals surface area contributed by atoms with Crippen molar-refractivity contribution in [3.8, 4) is 5.75 Å². The molecule has 0 aliphatic carbocycles. The van der Waals surface area contributed by atoms with Crippen LogP contribution in [0.15, 0.2) is 24.3 Å². The second kappa shape index (κ2) is 8.66. The zero-order valence-corrected chi connectivity index (χ0v) is 11.3. The van der Waals surface area contributed by atoms with Gasteiger partial charge in [-0.1, -0.05) is 0 Å². The van der Waals surface area contributed by atoms with Crippen molar-refractivity contribution in [3.63, 3.8) is 0 Å². The minimum Gasteiger partial charge on any atom is -0.488 e. The van der Waals surface area contributed by atoms with Crippen LogP contribution in [0.5, 0.6) is 5.75 Å². The molecule has 1 atom stereocenters. The van der Waals surface area contributed by atoms with E-state index in [2.05, 4.69) is 5.32 Å². The van der Waals surface area contributed by atoms with Crippen LogP contribution in [0, 0.1) is 0 Å². The largest absolute Gasteiger partial charge is 0.488 e. The monoisotopic (exact) mass is 294 g/mol. The highest BCUT2D eigenvalue weighted by atomic mass is 35.5. The molecule has 0 radical (unpaired) electrons. The van der Waals surface area contributed by atoms with Crippen molar-refractivity contribution >= 4 is 24.0 Å². The lowest BCUT2D eigenvalue weighted by atomic mass is 10.2. The Morgan fingerprint density at radius 1 is 1.37 bits per heavy atom. The third kappa shape index (κ3) is 7.58. The SMILES string of the molecule is CC(N)CC(=O)Nc1ccc(OCC(F)F)cc1.Cl. The highest BCUT2D eigenvalue weighted by Gasteiger charge is 2.06. The number of carbonyl (C=O) groups excluding carboxylic acids is 1. The molecular formula is C12H17ClF2N2O2. The first kappa shape index (κ1) is 17.6. The van der Waals surface area contributed by atoms with Crippen LogP contribution in [0.3, 0.4) is 0 Å². The Labute approximate surface area is 116 Å². The van der Waals surface area contributed by atoms with E-state index in [1.54, 1.807) is 19.1 Å². The third-order valence-electron chi connectivity index (χ3n) is 2.02. The van der Waals surface area contributed by atoms with Crippen molar-refractivity contribution < 1.29 is 18.3 Å². The van der Waals surface area contributed by atoms with E-state index in [0.717, 1.165) is 0 Å². The minimum atomic E-state index is -2.50. The van der Waals surface area contributed by atoms with Gasteiger partial charge in [0.05, 0.1) is 0 Å². The summed E-state index contributed by atoms with van der Waals surface area (Å²) in [5.41, 5.74) is 6.06. The van der Waals surface area contributed by atoms with Gasteiger partial charge in [-0.05, 0) is 31.2 Å². The molecule has 0 aliphatic heterocycles. The molecule has 0 heterocycles. The summed E-state index contributed by atoms with van der Waals surface area (Å²) < 4.78 is 28.6. The summed E-state index contributed by atoms with van der Waals surface area (Å²) >= 11 is 0. The van der Waals surface area contributed by atoms with Crippen LogP contribution in [0.2, 0.25) is 0 Å². The van der Waals surface area contributed by atoms with Gasteiger partial charge in [-0.25, -0.2) is 8.78 Å². The number of hydrogen-bond donors (Lipinski definition) is 2. The Morgan fingerprint density at radius 3 is 2.42 bits per heavy atom. The zero-order chi connectivity index (χ0) is 13.5. The van der Waals surface area contributed by atoms with Crippen LogP contribution >= 0.6 is 12.4 Å². The summed E-state index contributed by atoms with van der Waals surface area (Å²) in [6.45, 7) is 1.09. The molecule has 0 aromatic heterocycles. The maximum atomic E-state index is 11.9. The van der Waals surface area contributed by atoms with Gasteiger partial charge in [0.15, 0.2) is 0 Å². The zero-order valence-electron chi connectivity index (χ0n) is 10.4. The van der Waals surface area contributed by atoms with Crippen molar-refractivity contribution in [2.24, 2.45) is 5.73 Å². The average molecular weight is 295 g/mol. The second-order valence-corrected chi connectivity index (χ2v) is 3.96. The molecule has 1 aromatic carbocycles. The summed E-state index contributed by atoms with van der Waals surface area (Å²) in [5.74, 6) is 0.145. The molecule has 0 aliphatic rings. The minimum absolute atomic E-state index is 0. The van der Waals surface area contributed by atoms with Gasteiger partial charge in [-0.15, -0.1) is 12.4 Å². The van der Waals surface area contributed by atoms with Crippen molar-refractivity contribution in [1.82, 2.24) is 0 Å². The summed E-state index contributed by atoms with van der Waals surface area (Å²) in [6.07, 6.45) is -2.28.